The van der Waals surface area contributed by atoms with E-state index in [1.54, 1.807) is 7.11 Å². The third kappa shape index (κ3) is 7.32. The Labute approximate surface area is 81.9 Å². The smallest absolute Gasteiger partial charge is 0.246 e. The molecule has 0 atom stereocenters. The fraction of sp³-hybridized carbons (Fsp3) is 0.714. The number of carbonyl (C=O) groups is 1. The van der Waals surface area contributed by atoms with Crippen molar-refractivity contribution in [2.45, 2.75) is 0 Å². The van der Waals surface area contributed by atoms with Crippen LogP contribution in [0.2, 0.25) is 0 Å². The van der Waals surface area contributed by atoms with E-state index in [-0.39, 0.29) is 24.9 Å². The molecule has 0 radical (unpaired) electrons. The summed E-state index contributed by atoms with van der Waals surface area (Å²) in [6.45, 7) is 0.728. The molecule has 7 heteroatoms. The highest BCUT2D eigenvalue weighted by molar-refractivity contribution is 5.87. The monoisotopic (exact) mass is 205 g/mol. The topological polar surface area (TPSA) is 106 Å². The molecular formula is C7H15N3O4. The predicted molar refractivity (Wildman–Crippen MR) is 49.1 cm³/mol. The minimum atomic E-state index is -0.326. The Hall–Kier alpha value is -1.34. The number of hydrogen-bond donors (Lipinski definition) is 3. The lowest BCUT2D eigenvalue weighted by atomic mass is 10.5. The van der Waals surface area contributed by atoms with Crippen molar-refractivity contribution in [1.82, 2.24) is 5.32 Å². The van der Waals surface area contributed by atoms with Gasteiger partial charge < -0.3 is 25.7 Å². The van der Waals surface area contributed by atoms with Gasteiger partial charge in [0.15, 0.2) is 5.84 Å². The first-order chi connectivity index (χ1) is 6.70. The normalized spacial score (nSPS) is 11.4. The van der Waals surface area contributed by atoms with E-state index in [1.807, 2.05) is 0 Å². The lowest BCUT2D eigenvalue weighted by Crippen LogP contribution is -2.35. The molecule has 0 aliphatic carbocycles. The van der Waals surface area contributed by atoms with Crippen molar-refractivity contribution in [3.05, 3.63) is 0 Å². The zero-order valence-corrected chi connectivity index (χ0v) is 8.02. The molecule has 0 aromatic carbocycles. The van der Waals surface area contributed by atoms with Crippen molar-refractivity contribution in [3.8, 4) is 0 Å². The van der Waals surface area contributed by atoms with Crippen LogP contribution in [-0.2, 0) is 14.3 Å². The zero-order chi connectivity index (χ0) is 10.8. The Bertz CT molecular complexity index is 195. The van der Waals surface area contributed by atoms with Gasteiger partial charge >= 0.3 is 0 Å². The Morgan fingerprint density at radius 3 is 2.86 bits per heavy atom. The number of nitrogens with one attached hydrogen (secondary N) is 1. The number of amides is 1. The Morgan fingerprint density at radius 1 is 1.57 bits per heavy atom. The molecule has 0 spiro atoms. The van der Waals surface area contributed by atoms with Gasteiger partial charge in [-0.2, -0.15) is 0 Å². The maximum Gasteiger partial charge on any atom is 0.246 e. The van der Waals surface area contributed by atoms with E-state index < -0.39 is 0 Å². The van der Waals surface area contributed by atoms with Crippen molar-refractivity contribution in [1.29, 1.82) is 0 Å². The first-order valence-corrected chi connectivity index (χ1v) is 4.00. The standard InChI is InChI=1S/C7H15N3O4/c1-13-2-3-14-5-7(11)9-4-6(8)10-12/h12H,2-5H2,1H3,(H2,8,10)(H,9,11). The van der Waals surface area contributed by atoms with Gasteiger partial charge in [0.05, 0.1) is 19.8 Å². The van der Waals surface area contributed by atoms with E-state index in [0.717, 1.165) is 0 Å². The van der Waals surface area contributed by atoms with Gasteiger partial charge in [0.1, 0.15) is 6.61 Å². The van der Waals surface area contributed by atoms with Crippen LogP contribution in [-0.4, -0.2) is 50.4 Å². The average Bonchev–Trinajstić information content (AvgIpc) is 2.21. The van der Waals surface area contributed by atoms with Gasteiger partial charge in [0, 0.05) is 7.11 Å². The van der Waals surface area contributed by atoms with Crippen LogP contribution in [0.25, 0.3) is 0 Å². The first kappa shape index (κ1) is 12.7. The van der Waals surface area contributed by atoms with Crippen molar-refractivity contribution in [2.24, 2.45) is 10.9 Å². The van der Waals surface area contributed by atoms with Gasteiger partial charge in [0.25, 0.3) is 0 Å². The molecule has 0 saturated carbocycles. The van der Waals surface area contributed by atoms with Crippen LogP contribution < -0.4 is 11.1 Å². The van der Waals surface area contributed by atoms with Crippen LogP contribution in [0.15, 0.2) is 5.16 Å². The summed E-state index contributed by atoms with van der Waals surface area (Å²) in [6.07, 6.45) is 0. The van der Waals surface area contributed by atoms with Crippen LogP contribution in [0.5, 0.6) is 0 Å². The minimum Gasteiger partial charge on any atom is -0.409 e. The van der Waals surface area contributed by atoms with Gasteiger partial charge in [0.2, 0.25) is 5.91 Å². The summed E-state index contributed by atoms with van der Waals surface area (Å²) in [6, 6.07) is 0. The van der Waals surface area contributed by atoms with Crippen LogP contribution in [0.1, 0.15) is 0 Å². The zero-order valence-electron chi connectivity index (χ0n) is 8.02. The summed E-state index contributed by atoms with van der Waals surface area (Å²) in [5, 5.41) is 13.2. The Kier molecular flexibility index (Phi) is 7.48. The summed E-state index contributed by atoms with van der Waals surface area (Å²) >= 11 is 0. The Morgan fingerprint density at radius 2 is 2.29 bits per heavy atom. The fourth-order valence-electron chi connectivity index (χ4n) is 0.583. The van der Waals surface area contributed by atoms with E-state index in [2.05, 4.69) is 10.5 Å². The molecule has 82 valence electrons. The maximum absolute atomic E-state index is 11.0. The number of ether oxygens (including phenoxy) is 2. The summed E-state index contributed by atoms with van der Waals surface area (Å²) in [5.41, 5.74) is 5.12. The first-order valence-electron chi connectivity index (χ1n) is 4.00. The number of carbonyl (C=O) groups excluding carboxylic acids is 1. The maximum atomic E-state index is 11.0. The number of nitrogens with two attached hydrogens (primary N) is 1. The summed E-state index contributed by atoms with van der Waals surface area (Å²) in [5.74, 6) is -0.386. The highest BCUT2D eigenvalue weighted by Gasteiger charge is 2.01. The van der Waals surface area contributed by atoms with E-state index >= 15 is 0 Å². The average molecular weight is 205 g/mol. The van der Waals surface area contributed by atoms with Crippen LogP contribution >= 0.6 is 0 Å². The quantitative estimate of drug-likeness (QED) is 0.154. The number of methoxy groups -OCH3 is 1. The minimum absolute atomic E-state index is 0.00295. The van der Waals surface area contributed by atoms with E-state index in [1.165, 1.54) is 0 Å². The van der Waals surface area contributed by atoms with Gasteiger partial charge in [-0.1, -0.05) is 5.16 Å². The second kappa shape index (κ2) is 8.27. The third-order valence-electron chi connectivity index (χ3n) is 1.26. The van der Waals surface area contributed by atoms with Gasteiger partial charge in [-0.25, -0.2) is 0 Å². The van der Waals surface area contributed by atoms with Crippen molar-refractivity contribution in [2.75, 3.05) is 33.5 Å². The van der Waals surface area contributed by atoms with E-state index in [9.17, 15) is 4.79 Å². The highest BCUT2D eigenvalue weighted by atomic mass is 16.5. The van der Waals surface area contributed by atoms with Crippen LogP contribution in [0, 0.1) is 0 Å². The van der Waals surface area contributed by atoms with Crippen LogP contribution in [0.4, 0.5) is 0 Å². The molecule has 14 heavy (non-hydrogen) atoms. The molecule has 4 N–H and O–H groups in total. The predicted octanol–water partition coefficient (Wildman–Crippen LogP) is -1.49. The molecule has 0 saturated heterocycles. The molecule has 0 aromatic heterocycles. The van der Waals surface area contributed by atoms with Crippen molar-refractivity contribution < 1.29 is 19.5 Å². The van der Waals surface area contributed by atoms with E-state index in [0.29, 0.717) is 13.2 Å². The lowest BCUT2D eigenvalue weighted by Gasteiger charge is -2.04. The molecule has 0 aromatic rings. The molecule has 7 nitrogen and oxygen atoms in total. The molecular weight excluding hydrogens is 190 g/mol. The molecule has 0 rings (SSSR count). The molecule has 0 bridgehead atoms. The fourth-order valence-corrected chi connectivity index (χ4v) is 0.583. The largest absolute Gasteiger partial charge is 0.409 e. The number of hydrogen-bond acceptors (Lipinski definition) is 5. The summed E-state index contributed by atoms with van der Waals surface area (Å²) in [4.78, 5) is 11.0. The van der Waals surface area contributed by atoms with Gasteiger partial charge in [-0.15, -0.1) is 0 Å². The number of nitrogens with zero attached hydrogens (tertiary/aromatic N) is 1. The molecule has 0 unspecified atom stereocenters. The molecule has 1 amide bonds. The third-order valence-corrected chi connectivity index (χ3v) is 1.26. The number of amidine groups is 1. The second-order valence-electron chi connectivity index (χ2n) is 2.41. The molecule has 0 fully saturated rings. The summed E-state index contributed by atoms with van der Waals surface area (Å²) in [7, 11) is 1.54. The summed E-state index contributed by atoms with van der Waals surface area (Å²) < 4.78 is 9.63. The molecule has 0 heterocycles. The van der Waals surface area contributed by atoms with Gasteiger partial charge in [-0.05, 0) is 0 Å². The lowest BCUT2D eigenvalue weighted by molar-refractivity contribution is -0.125. The number of rotatable bonds is 7. The molecule has 0 aliphatic heterocycles. The Balaban J connectivity index is 3.37. The second-order valence-corrected chi connectivity index (χ2v) is 2.41. The van der Waals surface area contributed by atoms with Crippen molar-refractivity contribution >= 4 is 11.7 Å². The van der Waals surface area contributed by atoms with Crippen LogP contribution in [0.3, 0.4) is 0 Å². The van der Waals surface area contributed by atoms with Crippen molar-refractivity contribution in [3.63, 3.8) is 0 Å². The SMILES string of the molecule is COCCOCC(=O)NCC(N)=NO. The number of oxime groups is 1. The molecule has 0 aliphatic rings. The highest BCUT2D eigenvalue weighted by Crippen LogP contribution is 1.76. The van der Waals surface area contributed by atoms with E-state index in [4.69, 9.17) is 20.4 Å². The van der Waals surface area contributed by atoms with Gasteiger partial charge in [-0.3, -0.25) is 4.79 Å².